The van der Waals surface area contributed by atoms with E-state index in [0.717, 1.165) is 15.9 Å². The molecule has 0 radical (unpaired) electrons. The number of benzene rings is 1. The summed E-state index contributed by atoms with van der Waals surface area (Å²) in [6.45, 7) is 6.70. The summed E-state index contributed by atoms with van der Waals surface area (Å²) in [5.41, 5.74) is 2.14. The number of para-hydroxylation sites is 2. The second-order valence-electron chi connectivity index (χ2n) is 7.34. The van der Waals surface area contributed by atoms with Crippen LogP contribution in [-0.4, -0.2) is 20.1 Å². The molecule has 0 aliphatic carbocycles. The maximum Gasteiger partial charge on any atom is 0.277 e. The number of hydrogen-bond acceptors (Lipinski definition) is 4. The van der Waals surface area contributed by atoms with E-state index < -0.39 is 0 Å². The van der Waals surface area contributed by atoms with E-state index in [1.54, 1.807) is 26.5 Å². The van der Waals surface area contributed by atoms with Gasteiger partial charge in [-0.15, -0.1) is 11.3 Å². The van der Waals surface area contributed by atoms with Crippen LogP contribution in [0.15, 0.2) is 52.6 Å². The standard InChI is InChI=1S/C21H22N4O2S/c1-13(2)12-24-16-7-4-5-8-17(16)25-18(21(24)27)11-15(23-25)20(26)22-14(3)19-9-6-10-28-19/h4-11,13-14H,12H2,1-3H3,(H,22,26)/t14-/m1/s1. The zero-order valence-electron chi connectivity index (χ0n) is 16.0. The van der Waals surface area contributed by atoms with Gasteiger partial charge < -0.3 is 9.88 Å². The first kappa shape index (κ1) is 18.4. The van der Waals surface area contributed by atoms with Gasteiger partial charge >= 0.3 is 0 Å². The minimum absolute atomic E-state index is 0.119. The van der Waals surface area contributed by atoms with Gasteiger partial charge in [0.15, 0.2) is 5.69 Å². The largest absolute Gasteiger partial charge is 0.343 e. The van der Waals surface area contributed by atoms with Gasteiger partial charge in [0.05, 0.1) is 17.1 Å². The molecule has 0 unspecified atom stereocenters. The highest BCUT2D eigenvalue weighted by atomic mass is 32.1. The number of nitrogens with one attached hydrogen (secondary N) is 1. The van der Waals surface area contributed by atoms with Crippen molar-refractivity contribution in [2.45, 2.75) is 33.4 Å². The Hall–Kier alpha value is -2.93. The Morgan fingerprint density at radius 1 is 1.11 bits per heavy atom. The monoisotopic (exact) mass is 394 g/mol. The SMILES string of the molecule is CC(C)Cn1c(=O)c2cc(C(=O)N[C@H](C)c3cccs3)nn2c2ccccc21. The normalized spacial score (nSPS) is 12.7. The van der Waals surface area contributed by atoms with Gasteiger partial charge in [0.1, 0.15) is 5.52 Å². The quantitative estimate of drug-likeness (QED) is 0.559. The zero-order chi connectivity index (χ0) is 19.8. The Morgan fingerprint density at radius 2 is 1.86 bits per heavy atom. The molecule has 0 spiro atoms. The fourth-order valence-corrected chi connectivity index (χ4v) is 4.11. The second-order valence-corrected chi connectivity index (χ2v) is 8.31. The van der Waals surface area contributed by atoms with Crippen LogP contribution in [0.1, 0.15) is 42.2 Å². The van der Waals surface area contributed by atoms with Crippen LogP contribution < -0.4 is 10.9 Å². The van der Waals surface area contributed by atoms with Crippen molar-refractivity contribution in [3.8, 4) is 0 Å². The van der Waals surface area contributed by atoms with E-state index in [4.69, 9.17) is 0 Å². The van der Waals surface area contributed by atoms with Crippen molar-refractivity contribution >= 4 is 33.8 Å². The number of carbonyl (C=O) groups excluding carboxylic acids is 1. The molecule has 0 bridgehead atoms. The van der Waals surface area contributed by atoms with Crippen LogP contribution >= 0.6 is 11.3 Å². The van der Waals surface area contributed by atoms with Gasteiger partial charge in [-0.25, -0.2) is 4.52 Å². The third-order valence-electron chi connectivity index (χ3n) is 4.67. The van der Waals surface area contributed by atoms with Crippen LogP contribution in [0.25, 0.3) is 16.6 Å². The maximum atomic E-state index is 13.1. The lowest BCUT2D eigenvalue weighted by molar-refractivity contribution is 0.0935. The van der Waals surface area contributed by atoms with E-state index in [9.17, 15) is 9.59 Å². The van der Waals surface area contributed by atoms with Gasteiger partial charge in [-0.05, 0) is 36.4 Å². The highest BCUT2D eigenvalue weighted by molar-refractivity contribution is 7.10. The lowest BCUT2D eigenvalue weighted by Gasteiger charge is -2.13. The highest BCUT2D eigenvalue weighted by Gasteiger charge is 2.19. The molecule has 144 valence electrons. The molecule has 1 N–H and O–H groups in total. The molecule has 0 saturated heterocycles. The molecule has 3 aromatic heterocycles. The molecular weight excluding hydrogens is 372 g/mol. The van der Waals surface area contributed by atoms with Crippen LogP contribution in [0.2, 0.25) is 0 Å². The molecule has 1 aromatic carbocycles. The number of carbonyl (C=O) groups is 1. The van der Waals surface area contributed by atoms with Gasteiger partial charge in [0, 0.05) is 17.5 Å². The lowest BCUT2D eigenvalue weighted by atomic mass is 10.2. The molecular formula is C21H22N4O2S. The van der Waals surface area contributed by atoms with Gasteiger partial charge in [-0.1, -0.05) is 32.0 Å². The summed E-state index contributed by atoms with van der Waals surface area (Å²) in [6.07, 6.45) is 0. The first-order valence-electron chi connectivity index (χ1n) is 9.31. The molecule has 0 saturated carbocycles. The summed E-state index contributed by atoms with van der Waals surface area (Å²) < 4.78 is 3.35. The molecule has 3 heterocycles. The molecule has 4 aromatic rings. The average Bonchev–Trinajstić information content (AvgIpc) is 3.35. The summed E-state index contributed by atoms with van der Waals surface area (Å²) in [7, 11) is 0. The zero-order valence-corrected chi connectivity index (χ0v) is 16.9. The number of nitrogens with zero attached hydrogens (tertiary/aromatic N) is 3. The van der Waals surface area contributed by atoms with Crippen LogP contribution in [0, 0.1) is 5.92 Å². The first-order chi connectivity index (χ1) is 13.5. The van der Waals surface area contributed by atoms with Crippen LogP contribution in [0.3, 0.4) is 0 Å². The van der Waals surface area contributed by atoms with E-state index in [2.05, 4.69) is 24.3 Å². The summed E-state index contributed by atoms with van der Waals surface area (Å²) >= 11 is 1.59. The van der Waals surface area contributed by atoms with Gasteiger partial charge in [-0.3, -0.25) is 9.59 Å². The summed E-state index contributed by atoms with van der Waals surface area (Å²) in [5, 5.41) is 9.39. The highest BCUT2D eigenvalue weighted by Crippen LogP contribution is 2.20. The van der Waals surface area contributed by atoms with Crippen molar-refractivity contribution in [2.75, 3.05) is 0 Å². The van der Waals surface area contributed by atoms with Gasteiger partial charge in [0.25, 0.3) is 11.5 Å². The lowest BCUT2D eigenvalue weighted by Crippen LogP contribution is -2.26. The number of fused-ring (bicyclic) bond motifs is 3. The Balaban J connectivity index is 1.80. The summed E-state index contributed by atoms with van der Waals surface area (Å²) in [4.78, 5) is 26.9. The van der Waals surface area contributed by atoms with Gasteiger partial charge in [-0.2, -0.15) is 5.10 Å². The molecule has 0 aliphatic heterocycles. The van der Waals surface area contributed by atoms with Crippen LogP contribution in [0.5, 0.6) is 0 Å². The fourth-order valence-electron chi connectivity index (χ4n) is 3.37. The molecule has 28 heavy (non-hydrogen) atoms. The molecule has 0 aliphatic rings. The summed E-state index contributed by atoms with van der Waals surface area (Å²) in [5.74, 6) is 0.0318. The number of rotatable bonds is 5. The van der Waals surface area contributed by atoms with E-state index >= 15 is 0 Å². The fraction of sp³-hybridized carbons (Fsp3) is 0.286. The van der Waals surface area contributed by atoms with Gasteiger partial charge in [0.2, 0.25) is 0 Å². The minimum Gasteiger partial charge on any atom is -0.343 e. The molecule has 6 nitrogen and oxygen atoms in total. The Morgan fingerprint density at radius 3 is 2.54 bits per heavy atom. The molecule has 1 amide bonds. The van der Waals surface area contributed by atoms with E-state index in [-0.39, 0.29) is 23.2 Å². The van der Waals surface area contributed by atoms with E-state index in [1.807, 2.05) is 48.7 Å². The third kappa shape index (κ3) is 3.22. The van der Waals surface area contributed by atoms with Crippen LogP contribution in [0.4, 0.5) is 0 Å². The number of hydrogen-bond donors (Lipinski definition) is 1. The number of amides is 1. The topological polar surface area (TPSA) is 68.4 Å². The Labute approximate surface area is 166 Å². The third-order valence-corrected chi connectivity index (χ3v) is 5.73. The number of thiophene rings is 1. The molecule has 7 heteroatoms. The van der Waals surface area contributed by atoms with Crippen molar-refractivity contribution < 1.29 is 4.79 Å². The smallest absolute Gasteiger partial charge is 0.277 e. The van der Waals surface area contributed by atoms with Crippen molar-refractivity contribution in [2.24, 2.45) is 5.92 Å². The Kier molecular flexibility index (Phi) is 4.77. The minimum atomic E-state index is -0.288. The van der Waals surface area contributed by atoms with Crippen molar-refractivity contribution in [3.63, 3.8) is 0 Å². The molecule has 1 atom stereocenters. The van der Waals surface area contributed by atoms with E-state index in [0.29, 0.717) is 18.0 Å². The second kappa shape index (κ2) is 7.24. The first-order valence-corrected chi connectivity index (χ1v) is 10.2. The van der Waals surface area contributed by atoms with E-state index in [1.165, 1.54) is 0 Å². The molecule has 4 rings (SSSR count). The predicted molar refractivity (Wildman–Crippen MR) is 112 cm³/mol. The van der Waals surface area contributed by atoms with Crippen molar-refractivity contribution in [1.29, 1.82) is 0 Å². The molecule has 0 fully saturated rings. The van der Waals surface area contributed by atoms with Crippen LogP contribution in [-0.2, 0) is 6.54 Å². The maximum absolute atomic E-state index is 13.1. The number of aromatic nitrogens is 3. The summed E-state index contributed by atoms with van der Waals surface area (Å²) in [6, 6.07) is 13.1. The predicted octanol–water partition coefficient (Wildman–Crippen LogP) is 3.86. The van der Waals surface area contributed by atoms with Crippen molar-refractivity contribution in [1.82, 2.24) is 19.5 Å². The Bertz CT molecular complexity index is 1200. The average molecular weight is 395 g/mol. The van der Waals surface area contributed by atoms with Crippen molar-refractivity contribution in [3.05, 3.63) is 68.8 Å².